The van der Waals surface area contributed by atoms with Crippen LogP contribution in [-0.2, 0) is 24.2 Å². The number of aromatic nitrogens is 2. The number of fused-ring (bicyclic) bond motifs is 1. The number of nitrogens with zero attached hydrogens (tertiary/aromatic N) is 4. The number of aromatic amines is 1. The minimum Gasteiger partial charge on any atom is -0.340 e. The molecule has 2 heterocycles. The quantitative estimate of drug-likeness (QED) is 0.846. The van der Waals surface area contributed by atoms with Crippen LogP contribution in [0.5, 0.6) is 0 Å². The molecule has 0 radical (unpaired) electrons. The molecule has 1 aromatic heterocycles. The third kappa shape index (κ3) is 3.75. The molecule has 6 nitrogen and oxygen atoms in total. The fraction of sp³-hybridized carbons (Fsp3) is 0.765. The van der Waals surface area contributed by atoms with Gasteiger partial charge in [0.05, 0.1) is 12.2 Å². The number of carbonyl (C=O) groups is 1. The van der Waals surface area contributed by atoms with E-state index in [1.54, 1.807) is 0 Å². The molecule has 0 saturated carbocycles. The van der Waals surface area contributed by atoms with Crippen molar-refractivity contribution in [3.8, 4) is 0 Å². The van der Waals surface area contributed by atoms with Gasteiger partial charge in [0.1, 0.15) is 0 Å². The van der Waals surface area contributed by atoms with Crippen LogP contribution in [0.1, 0.15) is 36.2 Å². The first-order valence-corrected chi connectivity index (χ1v) is 8.72. The van der Waals surface area contributed by atoms with E-state index in [2.05, 4.69) is 34.1 Å². The van der Waals surface area contributed by atoms with Gasteiger partial charge in [0, 0.05) is 38.3 Å². The monoisotopic (exact) mass is 319 g/mol. The topological polar surface area (TPSA) is 55.5 Å². The number of H-pyrrole nitrogens is 1. The largest absolute Gasteiger partial charge is 0.340 e. The standard InChI is InChI=1S/C17H29N5O/c1-20-9-7-13(11-20)21(2)10-8-17(23)22(3)12-16-14-5-4-6-15(14)18-19-16/h13H,4-12H2,1-3H3,(H,18,19). The normalized spacial score (nSPS) is 21.1. The van der Waals surface area contributed by atoms with Gasteiger partial charge in [-0.25, -0.2) is 0 Å². The third-order valence-corrected chi connectivity index (χ3v) is 5.37. The highest BCUT2D eigenvalue weighted by Crippen LogP contribution is 2.23. The highest BCUT2D eigenvalue weighted by molar-refractivity contribution is 5.76. The Morgan fingerprint density at radius 2 is 2.22 bits per heavy atom. The van der Waals surface area contributed by atoms with Crippen LogP contribution in [0.25, 0.3) is 0 Å². The molecule has 0 bridgehead atoms. The Morgan fingerprint density at radius 1 is 1.39 bits per heavy atom. The molecular formula is C17H29N5O. The molecule has 1 amide bonds. The van der Waals surface area contributed by atoms with Crippen molar-refractivity contribution in [3.05, 3.63) is 17.0 Å². The molecule has 1 aliphatic carbocycles. The summed E-state index contributed by atoms with van der Waals surface area (Å²) in [5.74, 6) is 0.206. The van der Waals surface area contributed by atoms with E-state index >= 15 is 0 Å². The SMILES string of the molecule is CN1CCC(N(C)CCC(=O)N(C)Cc2n[nH]c3c2CCC3)C1. The molecule has 1 N–H and O–H groups in total. The molecule has 6 heteroatoms. The molecule has 1 unspecified atom stereocenters. The second-order valence-electron chi connectivity index (χ2n) is 7.17. The summed E-state index contributed by atoms with van der Waals surface area (Å²) in [6.07, 6.45) is 5.19. The number of carbonyl (C=O) groups excluding carboxylic acids is 1. The summed E-state index contributed by atoms with van der Waals surface area (Å²) in [7, 11) is 6.19. The lowest BCUT2D eigenvalue weighted by atomic mass is 10.2. The molecule has 23 heavy (non-hydrogen) atoms. The fourth-order valence-corrected chi connectivity index (χ4v) is 3.75. The Labute approximate surface area is 138 Å². The van der Waals surface area contributed by atoms with Gasteiger partial charge in [-0.2, -0.15) is 5.10 Å². The summed E-state index contributed by atoms with van der Waals surface area (Å²) in [6.45, 7) is 3.73. The Kier molecular flexibility index (Phi) is 5.02. The lowest BCUT2D eigenvalue weighted by molar-refractivity contribution is -0.130. The summed E-state index contributed by atoms with van der Waals surface area (Å²) in [5, 5.41) is 7.51. The molecule has 1 atom stereocenters. The maximum atomic E-state index is 12.4. The molecular weight excluding hydrogens is 290 g/mol. The van der Waals surface area contributed by atoms with Crippen molar-refractivity contribution in [2.75, 3.05) is 40.8 Å². The second-order valence-corrected chi connectivity index (χ2v) is 7.17. The number of aryl methyl sites for hydroxylation is 1. The summed E-state index contributed by atoms with van der Waals surface area (Å²) in [6, 6.07) is 0.590. The zero-order valence-corrected chi connectivity index (χ0v) is 14.6. The minimum absolute atomic E-state index is 0.206. The van der Waals surface area contributed by atoms with E-state index in [-0.39, 0.29) is 5.91 Å². The third-order valence-electron chi connectivity index (χ3n) is 5.37. The maximum absolute atomic E-state index is 12.4. The van der Waals surface area contributed by atoms with Gasteiger partial charge in [0.15, 0.2) is 0 Å². The van der Waals surface area contributed by atoms with Gasteiger partial charge in [-0.15, -0.1) is 0 Å². The molecule has 1 aliphatic heterocycles. The summed E-state index contributed by atoms with van der Waals surface area (Å²) in [4.78, 5) is 18.9. The first-order valence-electron chi connectivity index (χ1n) is 8.72. The zero-order valence-electron chi connectivity index (χ0n) is 14.6. The van der Waals surface area contributed by atoms with Crippen LogP contribution in [-0.4, -0.2) is 77.6 Å². The molecule has 0 spiro atoms. The Balaban J connectivity index is 1.46. The predicted molar refractivity (Wildman–Crippen MR) is 90.2 cm³/mol. The number of likely N-dealkylation sites (tertiary alicyclic amines) is 1. The van der Waals surface area contributed by atoms with Crippen LogP contribution in [0.2, 0.25) is 0 Å². The van der Waals surface area contributed by atoms with Crippen molar-refractivity contribution in [1.29, 1.82) is 0 Å². The average molecular weight is 319 g/mol. The number of rotatable bonds is 6. The van der Waals surface area contributed by atoms with Crippen molar-refractivity contribution in [3.63, 3.8) is 0 Å². The van der Waals surface area contributed by atoms with Crippen LogP contribution in [0.4, 0.5) is 0 Å². The van der Waals surface area contributed by atoms with Crippen molar-refractivity contribution in [2.24, 2.45) is 0 Å². The van der Waals surface area contributed by atoms with Crippen molar-refractivity contribution in [1.82, 2.24) is 24.9 Å². The van der Waals surface area contributed by atoms with Crippen molar-refractivity contribution >= 4 is 5.91 Å². The van der Waals surface area contributed by atoms with Gasteiger partial charge in [-0.1, -0.05) is 0 Å². The summed E-state index contributed by atoms with van der Waals surface area (Å²) in [5.41, 5.74) is 3.67. The average Bonchev–Trinajstić information content (AvgIpc) is 3.23. The molecule has 0 aromatic carbocycles. The van der Waals surface area contributed by atoms with Crippen LogP contribution >= 0.6 is 0 Å². The van der Waals surface area contributed by atoms with Gasteiger partial charge in [0.2, 0.25) is 5.91 Å². The highest BCUT2D eigenvalue weighted by atomic mass is 16.2. The van der Waals surface area contributed by atoms with Crippen LogP contribution in [0.3, 0.4) is 0 Å². The van der Waals surface area contributed by atoms with Crippen molar-refractivity contribution < 1.29 is 4.79 Å². The van der Waals surface area contributed by atoms with E-state index in [0.717, 1.165) is 38.2 Å². The van der Waals surface area contributed by atoms with E-state index in [4.69, 9.17) is 0 Å². The van der Waals surface area contributed by atoms with E-state index in [1.807, 2.05) is 11.9 Å². The molecule has 1 saturated heterocycles. The number of likely N-dealkylation sites (N-methyl/N-ethyl adjacent to an activating group) is 2. The highest BCUT2D eigenvalue weighted by Gasteiger charge is 2.24. The smallest absolute Gasteiger partial charge is 0.223 e. The number of hydrogen-bond donors (Lipinski definition) is 1. The fourth-order valence-electron chi connectivity index (χ4n) is 3.75. The van der Waals surface area contributed by atoms with E-state index in [0.29, 0.717) is 19.0 Å². The summed E-state index contributed by atoms with van der Waals surface area (Å²) < 4.78 is 0. The predicted octanol–water partition coefficient (Wildman–Crippen LogP) is 0.883. The van der Waals surface area contributed by atoms with Gasteiger partial charge < -0.3 is 14.7 Å². The molecule has 3 rings (SSSR count). The Morgan fingerprint density at radius 3 is 2.96 bits per heavy atom. The number of hydrogen-bond acceptors (Lipinski definition) is 4. The number of amides is 1. The maximum Gasteiger partial charge on any atom is 0.223 e. The van der Waals surface area contributed by atoms with E-state index in [1.165, 1.54) is 24.1 Å². The lowest BCUT2D eigenvalue weighted by Gasteiger charge is -2.25. The van der Waals surface area contributed by atoms with Crippen LogP contribution in [0.15, 0.2) is 0 Å². The minimum atomic E-state index is 0.206. The first kappa shape index (κ1) is 16.5. The van der Waals surface area contributed by atoms with Gasteiger partial charge in [-0.05, 0) is 51.9 Å². The van der Waals surface area contributed by atoms with Crippen LogP contribution < -0.4 is 0 Å². The second kappa shape index (κ2) is 7.01. The van der Waals surface area contributed by atoms with E-state index in [9.17, 15) is 4.79 Å². The van der Waals surface area contributed by atoms with Crippen LogP contribution in [0, 0.1) is 0 Å². The molecule has 2 aliphatic rings. The van der Waals surface area contributed by atoms with Gasteiger partial charge >= 0.3 is 0 Å². The lowest BCUT2D eigenvalue weighted by Crippen LogP contribution is -2.37. The molecule has 128 valence electrons. The number of nitrogens with one attached hydrogen (secondary N) is 1. The molecule has 1 aromatic rings. The van der Waals surface area contributed by atoms with Crippen molar-refractivity contribution in [2.45, 2.75) is 44.7 Å². The molecule has 1 fully saturated rings. The zero-order chi connectivity index (χ0) is 16.4. The Bertz CT molecular complexity index is 555. The van der Waals surface area contributed by atoms with Gasteiger partial charge in [0.25, 0.3) is 0 Å². The Hall–Kier alpha value is -1.40. The summed E-state index contributed by atoms with van der Waals surface area (Å²) >= 11 is 0. The van der Waals surface area contributed by atoms with E-state index < -0.39 is 0 Å². The first-order chi connectivity index (χ1) is 11.0. The van der Waals surface area contributed by atoms with Gasteiger partial charge in [-0.3, -0.25) is 9.89 Å².